The molecule has 0 unspecified atom stereocenters. The van der Waals surface area contributed by atoms with Crippen LogP contribution in [0.25, 0.3) is 0 Å². The zero-order chi connectivity index (χ0) is 11.4. The molecule has 16 heavy (non-hydrogen) atoms. The first-order valence-electron chi connectivity index (χ1n) is 5.12. The highest BCUT2D eigenvalue weighted by atomic mass is 16.5. The van der Waals surface area contributed by atoms with Crippen molar-refractivity contribution in [3.8, 4) is 5.75 Å². The summed E-state index contributed by atoms with van der Waals surface area (Å²) >= 11 is 0. The van der Waals surface area contributed by atoms with Crippen LogP contribution in [0.1, 0.15) is 17.0 Å². The molecule has 0 bridgehead atoms. The molecule has 0 radical (unpaired) electrons. The fourth-order valence-electron chi connectivity index (χ4n) is 1.31. The maximum Gasteiger partial charge on any atom is 0.174 e. The molecule has 1 aromatic heterocycles. The van der Waals surface area contributed by atoms with Crippen molar-refractivity contribution in [3.63, 3.8) is 0 Å². The molecule has 0 amide bonds. The fourth-order valence-corrected chi connectivity index (χ4v) is 1.31. The zero-order valence-corrected chi connectivity index (χ0v) is 9.14. The molecule has 0 saturated heterocycles. The van der Waals surface area contributed by atoms with Gasteiger partial charge in [0.05, 0.1) is 5.69 Å². The van der Waals surface area contributed by atoms with Crippen molar-refractivity contribution >= 4 is 0 Å². The quantitative estimate of drug-likeness (QED) is 0.852. The van der Waals surface area contributed by atoms with Crippen LogP contribution in [0.3, 0.4) is 0 Å². The largest absolute Gasteiger partial charge is 0.486 e. The maximum atomic E-state index is 5.53. The molecule has 2 rings (SSSR count). The summed E-state index contributed by atoms with van der Waals surface area (Å²) in [5.74, 6) is 1.50. The Morgan fingerprint density at radius 3 is 2.69 bits per heavy atom. The second kappa shape index (κ2) is 4.81. The number of aryl methyl sites for hydroxylation is 1. The first-order chi connectivity index (χ1) is 7.78. The molecule has 1 aromatic carbocycles. The Hall–Kier alpha value is -1.81. The van der Waals surface area contributed by atoms with E-state index in [-0.39, 0.29) is 0 Å². The Kier molecular flexibility index (Phi) is 3.22. The summed E-state index contributed by atoms with van der Waals surface area (Å²) in [6.07, 6.45) is 0. The Bertz CT molecular complexity index is 448. The highest BCUT2D eigenvalue weighted by molar-refractivity contribution is 5.26. The third kappa shape index (κ3) is 2.61. The highest BCUT2D eigenvalue weighted by Gasteiger charge is 2.03. The molecule has 0 spiro atoms. The third-order valence-electron chi connectivity index (χ3n) is 2.22. The van der Waals surface area contributed by atoms with Crippen molar-refractivity contribution in [2.75, 3.05) is 0 Å². The summed E-state index contributed by atoms with van der Waals surface area (Å²) in [7, 11) is 0. The predicted octanol–water partition coefficient (Wildman–Crippen LogP) is 2.02. The number of rotatable bonds is 4. The van der Waals surface area contributed by atoms with Crippen LogP contribution in [-0.4, -0.2) is 5.16 Å². The number of hydrogen-bond acceptors (Lipinski definition) is 4. The van der Waals surface area contributed by atoms with Gasteiger partial charge in [-0.3, -0.25) is 0 Å². The van der Waals surface area contributed by atoms with Crippen molar-refractivity contribution in [2.45, 2.75) is 20.1 Å². The van der Waals surface area contributed by atoms with Gasteiger partial charge < -0.3 is 15.0 Å². The summed E-state index contributed by atoms with van der Waals surface area (Å²) in [5.41, 5.74) is 7.37. The van der Waals surface area contributed by atoms with Gasteiger partial charge in [0.1, 0.15) is 12.4 Å². The summed E-state index contributed by atoms with van der Waals surface area (Å²) in [4.78, 5) is 0. The SMILES string of the molecule is Cc1ccc(OCc2cc(CN)no2)cc1. The van der Waals surface area contributed by atoms with E-state index in [4.69, 9.17) is 15.0 Å². The molecule has 1 heterocycles. The van der Waals surface area contributed by atoms with Crippen molar-refractivity contribution in [2.24, 2.45) is 5.73 Å². The number of ether oxygens (including phenoxy) is 1. The lowest BCUT2D eigenvalue weighted by Crippen LogP contribution is -1.96. The van der Waals surface area contributed by atoms with Gasteiger partial charge in [0.15, 0.2) is 5.76 Å². The van der Waals surface area contributed by atoms with E-state index in [1.54, 1.807) is 6.07 Å². The second-order valence-corrected chi connectivity index (χ2v) is 3.59. The number of aromatic nitrogens is 1. The summed E-state index contributed by atoms with van der Waals surface area (Å²) in [6, 6.07) is 9.65. The first-order valence-corrected chi connectivity index (χ1v) is 5.12. The zero-order valence-electron chi connectivity index (χ0n) is 9.14. The molecular formula is C12H14N2O2. The Morgan fingerprint density at radius 1 is 1.31 bits per heavy atom. The average Bonchev–Trinajstić information content (AvgIpc) is 2.76. The van der Waals surface area contributed by atoms with Crippen LogP contribution in [0.5, 0.6) is 5.75 Å². The molecule has 84 valence electrons. The number of hydrogen-bond donors (Lipinski definition) is 1. The molecule has 2 N–H and O–H groups in total. The molecule has 0 aliphatic heterocycles. The molecule has 0 aliphatic carbocycles. The predicted molar refractivity (Wildman–Crippen MR) is 59.9 cm³/mol. The van der Waals surface area contributed by atoms with E-state index in [1.807, 2.05) is 31.2 Å². The van der Waals surface area contributed by atoms with Gasteiger partial charge >= 0.3 is 0 Å². The Balaban J connectivity index is 1.94. The standard InChI is InChI=1S/C12H14N2O2/c1-9-2-4-11(5-3-9)15-8-12-6-10(7-13)14-16-12/h2-6H,7-8,13H2,1H3. The van der Waals surface area contributed by atoms with Crippen LogP contribution in [0.2, 0.25) is 0 Å². The minimum atomic E-state index is 0.371. The van der Waals surface area contributed by atoms with Crippen molar-refractivity contribution in [1.82, 2.24) is 5.16 Å². The molecule has 0 aliphatic rings. The van der Waals surface area contributed by atoms with Gasteiger partial charge in [0.2, 0.25) is 0 Å². The minimum Gasteiger partial charge on any atom is -0.486 e. The highest BCUT2D eigenvalue weighted by Crippen LogP contribution is 2.14. The van der Waals surface area contributed by atoms with E-state index in [9.17, 15) is 0 Å². The Labute approximate surface area is 94.0 Å². The van der Waals surface area contributed by atoms with Crippen LogP contribution in [0, 0.1) is 6.92 Å². The van der Waals surface area contributed by atoms with Gasteiger partial charge in [-0.05, 0) is 19.1 Å². The van der Waals surface area contributed by atoms with E-state index in [1.165, 1.54) is 5.56 Å². The van der Waals surface area contributed by atoms with Gasteiger partial charge in [-0.15, -0.1) is 0 Å². The molecule has 4 heteroatoms. The van der Waals surface area contributed by atoms with Crippen molar-refractivity contribution < 1.29 is 9.26 Å². The third-order valence-corrected chi connectivity index (χ3v) is 2.22. The first kappa shape index (κ1) is 10.7. The summed E-state index contributed by atoms with van der Waals surface area (Å²) < 4.78 is 10.6. The van der Waals surface area contributed by atoms with Crippen LogP contribution in [0.15, 0.2) is 34.9 Å². The number of nitrogens with zero attached hydrogens (tertiary/aromatic N) is 1. The van der Waals surface area contributed by atoms with E-state index in [0.29, 0.717) is 18.9 Å². The minimum absolute atomic E-state index is 0.371. The van der Waals surface area contributed by atoms with Gasteiger partial charge in [0, 0.05) is 12.6 Å². The number of benzene rings is 1. The molecular weight excluding hydrogens is 204 g/mol. The van der Waals surface area contributed by atoms with Crippen LogP contribution in [-0.2, 0) is 13.2 Å². The lowest BCUT2D eigenvalue weighted by atomic mass is 10.2. The molecule has 0 atom stereocenters. The van der Waals surface area contributed by atoms with Crippen LogP contribution in [0.4, 0.5) is 0 Å². The van der Waals surface area contributed by atoms with Crippen molar-refractivity contribution in [3.05, 3.63) is 47.3 Å². The van der Waals surface area contributed by atoms with E-state index in [2.05, 4.69) is 5.16 Å². The summed E-state index contributed by atoms with van der Waals surface area (Å²) in [6.45, 7) is 2.79. The average molecular weight is 218 g/mol. The van der Waals surface area contributed by atoms with E-state index < -0.39 is 0 Å². The fraction of sp³-hybridized carbons (Fsp3) is 0.250. The van der Waals surface area contributed by atoms with E-state index in [0.717, 1.165) is 11.4 Å². The van der Waals surface area contributed by atoms with Crippen LogP contribution < -0.4 is 10.5 Å². The normalized spacial score (nSPS) is 10.4. The lowest BCUT2D eigenvalue weighted by Gasteiger charge is -2.03. The maximum absolute atomic E-state index is 5.53. The Morgan fingerprint density at radius 2 is 2.06 bits per heavy atom. The van der Waals surface area contributed by atoms with Gasteiger partial charge in [0.25, 0.3) is 0 Å². The molecule has 0 fully saturated rings. The lowest BCUT2D eigenvalue weighted by molar-refractivity contribution is 0.248. The molecule has 4 nitrogen and oxygen atoms in total. The van der Waals surface area contributed by atoms with Gasteiger partial charge in [-0.25, -0.2) is 0 Å². The second-order valence-electron chi connectivity index (χ2n) is 3.59. The topological polar surface area (TPSA) is 61.3 Å². The van der Waals surface area contributed by atoms with Gasteiger partial charge in [-0.1, -0.05) is 22.9 Å². The number of nitrogens with two attached hydrogens (primary N) is 1. The molecule has 0 saturated carbocycles. The van der Waals surface area contributed by atoms with Crippen molar-refractivity contribution in [1.29, 1.82) is 0 Å². The van der Waals surface area contributed by atoms with Gasteiger partial charge in [-0.2, -0.15) is 0 Å². The molecule has 2 aromatic rings. The smallest absolute Gasteiger partial charge is 0.174 e. The summed E-state index contributed by atoms with van der Waals surface area (Å²) in [5, 5.41) is 3.78. The monoisotopic (exact) mass is 218 g/mol. The van der Waals surface area contributed by atoms with E-state index >= 15 is 0 Å². The van der Waals surface area contributed by atoms with Crippen LogP contribution >= 0.6 is 0 Å².